The maximum absolute atomic E-state index is 9.00. The van der Waals surface area contributed by atoms with E-state index in [2.05, 4.69) is 0 Å². The molecule has 0 spiro atoms. The van der Waals surface area contributed by atoms with Crippen LogP contribution >= 0.6 is 0 Å². The van der Waals surface area contributed by atoms with Gasteiger partial charge in [0.05, 0.1) is 0 Å². The van der Waals surface area contributed by atoms with Gasteiger partial charge in [-0.05, 0) is 0 Å². The third-order valence-electron chi connectivity index (χ3n) is 0. The van der Waals surface area contributed by atoms with E-state index in [1.165, 1.54) is 0 Å². The molecule has 0 aliphatic rings. The Balaban J connectivity index is -0.0000000104. The fraction of sp³-hybridized carbons (Fsp3) is 0.500. The minimum Gasteiger partial charge on any atom is -0.481 e. The molecule has 0 aliphatic heterocycles. The molecule has 0 saturated carbocycles. The predicted octanol–water partition coefficient (Wildman–Crippen LogP) is -3.03. The van der Waals surface area contributed by atoms with Gasteiger partial charge >= 0.3 is 0 Å². The van der Waals surface area contributed by atoms with Crippen molar-refractivity contribution in [3.05, 3.63) is 0 Å². The Kier molecular flexibility index (Phi) is 146. The Labute approximate surface area is 127 Å². The van der Waals surface area contributed by atoms with E-state index in [4.69, 9.17) is 29.7 Å². The van der Waals surface area contributed by atoms with Gasteiger partial charge in [0, 0.05) is 57.6 Å². The maximum atomic E-state index is 9.00. The molecule has 1 radical (unpaired) electrons. The standard InChI is InChI=1S/3C2H4O2.Lu.4H2O/c3*1-2(3)4;;;;;/h3*1H3,(H,3,4);;4*1H2. The molecule has 119 valence electrons. The molecule has 0 aromatic carbocycles. The summed E-state index contributed by atoms with van der Waals surface area (Å²) in [4.78, 5) is 27.0. The molecule has 17 heavy (non-hydrogen) atoms. The van der Waals surface area contributed by atoms with E-state index in [0.717, 1.165) is 20.8 Å². The molecule has 0 heterocycles. The average molecular weight is 427 g/mol. The second kappa shape index (κ2) is 45.1. The van der Waals surface area contributed by atoms with Gasteiger partial charge in [-0.2, -0.15) is 0 Å². The molecule has 11 N–H and O–H groups in total. The van der Waals surface area contributed by atoms with Crippen LogP contribution in [0.25, 0.3) is 0 Å². The Hall–Kier alpha value is -0.516. The van der Waals surface area contributed by atoms with Crippen molar-refractivity contribution in [3.63, 3.8) is 0 Å². The minimum atomic E-state index is -0.833. The van der Waals surface area contributed by atoms with Crippen LogP contribution in [0.15, 0.2) is 0 Å². The van der Waals surface area contributed by atoms with Gasteiger partial charge in [0.2, 0.25) is 0 Å². The number of carboxylic acids is 3. The van der Waals surface area contributed by atoms with Crippen molar-refractivity contribution in [1.29, 1.82) is 0 Å². The van der Waals surface area contributed by atoms with E-state index in [-0.39, 0.29) is 58.8 Å². The molecule has 0 aromatic rings. The van der Waals surface area contributed by atoms with Gasteiger partial charge in [0.15, 0.2) is 0 Å². The zero-order chi connectivity index (χ0) is 10.7. The van der Waals surface area contributed by atoms with Gasteiger partial charge in [-0.3, -0.25) is 14.4 Å². The van der Waals surface area contributed by atoms with Crippen molar-refractivity contribution >= 4 is 17.9 Å². The summed E-state index contributed by atoms with van der Waals surface area (Å²) >= 11 is 0. The summed E-state index contributed by atoms with van der Waals surface area (Å²) in [5.41, 5.74) is 0. The quantitative estimate of drug-likeness (QED) is 0.363. The number of carboxylic acid groups (broad SMARTS) is 3. The van der Waals surface area contributed by atoms with Gasteiger partial charge in [0.25, 0.3) is 17.9 Å². The first-order valence-corrected chi connectivity index (χ1v) is 2.78. The van der Waals surface area contributed by atoms with Crippen LogP contribution in [0.3, 0.4) is 0 Å². The molecule has 0 atom stereocenters. The van der Waals surface area contributed by atoms with Crippen molar-refractivity contribution in [2.75, 3.05) is 0 Å². The summed E-state index contributed by atoms with van der Waals surface area (Å²) in [5, 5.41) is 22.2. The van der Waals surface area contributed by atoms with Crippen LogP contribution in [0.2, 0.25) is 0 Å². The molecule has 0 bridgehead atoms. The van der Waals surface area contributed by atoms with Crippen LogP contribution in [-0.2, 0) is 14.4 Å². The second-order valence-corrected chi connectivity index (χ2v) is 1.56. The Morgan fingerprint density at radius 3 is 0.588 bits per heavy atom. The molecule has 0 amide bonds. The molecule has 10 nitrogen and oxygen atoms in total. The first-order valence-electron chi connectivity index (χ1n) is 2.78. The smallest absolute Gasteiger partial charge is 0.300 e. The van der Waals surface area contributed by atoms with Crippen molar-refractivity contribution in [2.45, 2.75) is 20.8 Å². The summed E-state index contributed by atoms with van der Waals surface area (Å²) in [6.07, 6.45) is 0. The SMILES string of the molecule is CC(=O)O.CC(=O)O.CC(=O)O.O.O.O.O.[Lu]. The molecular weight excluding hydrogens is 407 g/mol. The van der Waals surface area contributed by atoms with E-state index in [1.54, 1.807) is 0 Å². The zero-order valence-electron chi connectivity index (χ0n) is 9.32. The summed E-state index contributed by atoms with van der Waals surface area (Å²) in [5.74, 6) is -2.50. The van der Waals surface area contributed by atoms with E-state index in [9.17, 15) is 0 Å². The molecule has 0 aliphatic carbocycles. The van der Waals surface area contributed by atoms with E-state index in [0.29, 0.717) is 0 Å². The predicted molar refractivity (Wildman–Crippen MR) is 54.4 cm³/mol. The zero-order valence-corrected chi connectivity index (χ0v) is 11.0. The monoisotopic (exact) mass is 427 g/mol. The average Bonchev–Trinajstić information content (AvgIpc) is 1.54. The van der Waals surface area contributed by atoms with Gasteiger partial charge in [-0.15, -0.1) is 0 Å². The topological polar surface area (TPSA) is 238 Å². The van der Waals surface area contributed by atoms with Crippen LogP contribution in [0, 0.1) is 36.9 Å². The van der Waals surface area contributed by atoms with Gasteiger partial charge in [-0.1, -0.05) is 0 Å². The van der Waals surface area contributed by atoms with E-state index < -0.39 is 17.9 Å². The summed E-state index contributed by atoms with van der Waals surface area (Å²) in [6.45, 7) is 3.25. The van der Waals surface area contributed by atoms with E-state index >= 15 is 0 Å². The number of rotatable bonds is 0. The van der Waals surface area contributed by atoms with E-state index in [1.807, 2.05) is 0 Å². The third-order valence-corrected chi connectivity index (χ3v) is 0. The van der Waals surface area contributed by atoms with Crippen LogP contribution in [-0.4, -0.2) is 55.1 Å². The molecule has 0 unspecified atom stereocenters. The number of hydrogen-bond donors (Lipinski definition) is 3. The largest absolute Gasteiger partial charge is 0.481 e. The number of carbonyl (C=O) groups is 3. The molecular formula is C6H20LuO10. The summed E-state index contributed by atoms with van der Waals surface area (Å²) in [7, 11) is 0. The Morgan fingerprint density at radius 2 is 0.588 bits per heavy atom. The number of hydrogen-bond acceptors (Lipinski definition) is 3. The minimum absolute atomic E-state index is 0. The molecule has 0 rings (SSSR count). The Morgan fingerprint density at radius 1 is 0.588 bits per heavy atom. The molecule has 11 heteroatoms. The summed E-state index contributed by atoms with van der Waals surface area (Å²) in [6, 6.07) is 0. The van der Waals surface area contributed by atoms with Crippen LogP contribution in [0.1, 0.15) is 20.8 Å². The van der Waals surface area contributed by atoms with Crippen molar-refractivity contribution in [2.24, 2.45) is 0 Å². The van der Waals surface area contributed by atoms with Gasteiger partial charge in [-0.25, -0.2) is 0 Å². The number of aliphatic carboxylic acids is 3. The maximum Gasteiger partial charge on any atom is 0.300 e. The Bertz CT molecular complexity index is 118. The second-order valence-electron chi connectivity index (χ2n) is 1.56. The molecule has 0 fully saturated rings. The van der Waals surface area contributed by atoms with Crippen LogP contribution < -0.4 is 0 Å². The van der Waals surface area contributed by atoms with Crippen molar-refractivity contribution in [3.8, 4) is 0 Å². The van der Waals surface area contributed by atoms with Crippen molar-refractivity contribution < 1.29 is 88.5 Å². The van der Waals surface area contributed by atoms with Crippen LogP contribution in [0.5, 0.6) is 0 Å². The molecule has 0 aromatic heterocycles. The normalized spacial score (nSPS) is 4.41. The van der Waals surface area contributed by atoms with Crippen LogP contribution in [0.4, 0.5) is 0 Å². The van der Waals surface area contributed by atoms with Crippen molar-refractivity contribution in [1.82, 2.24) is 0 Å². The van der Waals surface area contributed by atoms with Gasteiger partial charge in [0.1, 0.15) is 0 Å². The first-order chi connectivity index (χ1) is 5.20. The fourth-order valence-corrected chi connectivity index (χ4v) is 0. The molecule has 0 saturated heterocycles. The third kappa shape index (κ3) is 10600. The van der Waals surface area contributed by atoms with Gasteiger partial charge < -0.3 is 37.2 Å². The first kappa shape index (κ1) is 54.9. The summed E-state index contributed by atoms with van der Waals surface area (Å²) < 4.78 is 0. The fourth-order valence-electron chi connectivity index (χ4n) is 0.